The molecule has 0 amide bonds. The first kappa shape index (κ1) is 10.1. The number of sulfone groups is 1. The van der Waals surface area contributed by atoms with E-state index in [1.54, 1.807) is 12.1 Å². The molecular weight excluding hydrogens is 266 g/mol. The van der Waals surface area contributed by atoms with Crippen molar-refractivity contribution in [1.29, 1.82) is 0 Å². The number of nitrogens with two attached hydrogens (primary N) is 1. The number of hydrogen-bond acceptors (Lipinski definition) is 3. The summed E-state index contributed by atoms with van der Waals surface area (Å²) in [6.45, 7) is 0.370. The van der Waals surface area contributed by atoms with Crippen LogP contribution >= 0.6 is 15.9 Å². The second-order valence-electron chi connectivity index (χ2n) is 3.37. The first-order valence-corrected chi connectivity index (χ1v) is 6.72. The summed E-state index contributed by atoms with van der Waals surface area (Å²) in [7, 11) is -3.10. The Morgan fingerprint density at radius 2 is 2.21 bits per heavy atom. The van der Waals surface area contributed by atoms with E-state index in [2.05, 4.69) is 15.9 Å². The minimum absolute atomic E-state index is 0.0643. The van der Waals surface area contributed by atoms with Crippen molar-refractivity contribution in [1.82, 2.24) is 0 Å². The van der Waals surface area contributed by atoms with Gasteiger partial charge in [-0.2, -0.15) is 0 Å². The van der Waals surface area contributed by atoms with Gasteiger partial charge < -0.3 is 5.73 Å². The summed E-state index contributed by atoms with van der Waals surface area (Å²) in [4.78, 5) is 0.433. The highest BCUT2D eigenvalue weighted by Crippen LogP contribution is 2.38. The summed E-state index contributed by atoms with van der Waals surface area (Å²) in [6, 6.07) is 5.23. The molecule has 1 atom stereocenters. The Morgan fingerprint density at radius 1 is 1.50 bits per heavy atom. The molecule has 2 rings (SSSR count). The Labute approximate surface area is 91.4 Å². The van der Waals surface area contributed by atoms with Crippen LogP contribution in [0.3, 0.4) is 0 Å². The van der Waals surface area contributed by atoms with Gasteiger partial charge in [0.05, 0.1) is 10.6 Å². The normalized spacial score (nSPS) is 23.4. The summed E-state index contributed by atoms with van der Waals surface area (Å²) in [6.07, 6.45) is 0. The van der Waals surface area contributed by atoms with Crippen LogP contribution in [0.4, 0.5) is 0 Å². The Balaban J connectivity index is 2.71. The van der Waals surface area contributed by atoms with Crippen molar-refractivity contribution in [3.8, 4) is 0 Å². The molecule has 0 saturated carbocycles. The van der Waals surface area contributed by atoms with Gasteiger partial charge in [-0.3, -0.25) is 0 Å². The third-order valence-corrected chi connectivity index (χ3v) is 5.02. The molecule has 14 heavy (non-hydrogen) atoms. The highest BCUT2D eigenvalue weighted by atomic mass is 79.9. The number of hydrogen-bond donors (Lipinski definition) is 1. The highest BCUT2D eigenvalue weighted by Gasteiger charge is 2.35. The zero-order chi connectivity index (χ0) is 10.3. The van der Waals surface area contributed by atoms with Crippen molar-refractivity contribution >= 4 is 25.8 Å². The average molecular weight is 276 g/mol. The van der Waals surface area contributed by atoms with Gasteiger partial charge in [-0.05, 0) is 17.7 Å². The van der Waals surface area contributed by atoms with Crippen LogP contribution in [0.5, 0.6) is 0 Å². The molecule has 1 aromatic carbocycles. The fourth-order valence-corrected chi connectivity index (χ4v) is 4.54. The minimum atomic E-state index is -3.10. The van der Waals surface area contributed by atoms with E-state index < -0.39 is 9.84 Å². The van der Waals surface area contributed by atoms with Crippen LogP contribution in [0.25, 0.3) is 0 Å². The largest absolute Gasteiger partial charge is 0.330 e. The van der Waals surface area contributed by atoms with Crippen LogP contribution in [0.1, 0.15) is 11.5 Å². The van der Waals surface area contributed by atoms with Gasteiger partial charge in [0.15, 0.2) is 9.84 Å². The van der Waals surface area contributed by atoms with E-state index in [1.165, 1.54) is 0 Å². The van der Waals surface area contributed by atoms with Crippen molar-refractivity contribution < 1.29 is 8.42 Å². The summed E-state index contributed by atoms with van der Waals surface area (Å²) in [5.41, 5.74) is 6.40. The monoisotopic (exact) mass is 275 g/mol. The highest BCUT2D eigenvalue weighted by molar-refractivity contribution is 9.10. The van der Waals surface area contributed by atoms with E-state index in [-0.39, 0.29) is 11.7 Å². The SMILES string of the molecule is NCC1CS(=O)(=O)c2cccc(Br)c21. The third kappa shape index (κ3) is 1.39. The van der Waals surface area contributed by atoms with Gasteiger partial charge >= 0.3 is 0 Å². The van der Waals surface area contributed by atoms with Gasteiger partial charge in [0.1, 0.15) is 0 Å². The van der Waals surface area contributed by atoms with Crippen molar-refractivity contribution in [3.63, 3.8) is 0 Å². The van der Waals surface area contributed by atoms with Crippen molar-refractivity contribution in [3.05, 3.63) is 28.2 Å². The molecule has 1 heterocycles. The summed E-state index contributed by atoms with van der Waals surface area (Å²) >= 11 is 3.36. The van der Waals surface area contributed by atoms with Crippen LogP contribution in [-0.4, -0.2) is 20.7 Å². The molecule has 0 saturated heterocycles. The van der Waals surface area contributed by atoms with Crippen molar-refractivity contribution in [2.75, 3.05) is 12.3 Å². The maximum Gasteiger partial charge on any atom is 0.179 e. The number of benzene rings is 1. The third-order valence-electron chi connectivity index (χ3n) is 2.46. The molecule has 0 spiro atoms. The van der Waals surface area contributed by atoms with Crippen LogP contribution in [0.15, 0.2) is 27.6 Å². The predicted molar refractivity (Wildman–Crippen MR) is 58.0 cm³/mol. The molecule has 0 bridgehead atoms. The Kier molecular flexibility index (Phi) is 2.41. The molecule has 0 aliphatic carbocycles. The smallest absolute Gasteiger partial charge is 0.179 e. The predicted octanol–water partition coefficient (Wildman–Crippen LogP) is 1.28. The number of fused-ring (bicyclic) bond motifs is 1. The first-order valence-electron chi connectivity index (χ1n) is 4.27. The molecule has 1 unspecified atom stereocenters. The molecular formula is C9H10BrNO2S. The van der Waals surface area contributed by atoms with E-state index in [4.69, 9.17) is 5.73 Å². The van der Waals surface area contributed by atoms with E-state index in [0.717, 1.165) is 10.0 Å². The van der Waals surface area contributed by atoms with Crippen LogP contribution in [-0.2, 0) is 9.84 Å². The molecule has 2 N–H and O–H groups in total. The molecule has 1 aliphatic heterocycles. The summed E-state index contributed by atoms with van der Waals surface area (Å²) in [5.74, 6) is 0.0760. The molecule has 1 aliphatic rings. The van der Waals surface area contributed by atoms with E-state index >= 15 is 0 Å². The maximum atomic E-state index is 11.7. The minimum Gasteiger partial charge on any atom is -0.330 e. The first-order chi connectivity index (χ1) is 6.56. The lowest BCUT2D eigenvalue weighted by molar-refractivity contribution is 0.597. The van der Waals surface area contributed by atoms with Gasteiger partial charge in [-0.1, -0.05) is 22.0 Å². The maximum absolute atomic E-state index is 11.7. The van der Waals surface area contributed by atoms with Gasteiger partial charge in [0.2, 0.25) is 0 Å². The van der Waals surface area contributed by atoms with E-state index in [1.807, 2.05) is 6.07 Å². The Hall–Kier alpha value is -0.390. The number of halogens is 1. The van der Waals surface area contributed by atoms with E-state index in [9.17, 15) is 8.42 Å². The van der Waals surface area contributed by atoms with Gasteiger partial charge in [-0.25, -0.2) is 8.42 Å². The second kappa shape index (κ2) is 3.32. The van der Waals surface area contributed by atoms with Crippen LogP contribution in [0.2, 0.25) is 0 Å². The van der Waals surface area contributed by atoms with Crippen molar-refractivity contribution in [2.24, 2.45) is 5.73 Å². The fraction of sp³-hybridized carbons (Fsp3) is 0.333. The lowest BCUT2D eigenvalue weighted by Gasteiger charge is -2.07. The van der Waals surface area contributed by atoms with Gasteiger partial charge in [0, 0.05) is 16.9 Å². The standard InChI is InChI=1S/C9H10BrNO2S/c10-7-2-1-3-8-9(7)6(4-11)5-14(8,12)13/h1-3,6H,4-5,11H2. The van der Waals surface area contributed by atoms with Crippen molar-refractivity contribution in [2.45, 2.75) is 10.8 Å². The molecule has 3 nitrogen and oxygen atoms in total. The molecule has 0 fully saturated rings. The summed E-state index contributed by atoms with van der Waals surface area (Å²) < 4.78 is 24.2. The summed E-state index contributed by atoms with van der Waals surface area (Å²) in [5, 5.41) is 0. The molecule has 0 aromatic heterocycles. The fourth-order valence-electron chi connectivity index (χ4n) is 1.81. The number of rotatable bonds is 1. The zero-order valence-electron chi connectivity index (χ0n) is 7.40. The van der Waals surface area contributed by atoms with E-state index in [0.29, 0.717) is 11.4 Å². The second-order valence-corrected chi connectivity index (χ2v) is 6.22. The van der Waals surface area contributed by atoms with Crippen LogP contribution < -0.4 is 5.73 Å². The van der Waals surface area contributed by atoms with Gasteiger partial charge in [-0.15, -0.1) is 0 Å². The Bertz CT molecular complexity index is 470. The lowest BCUT2D eigenvalue weighted by Crippen LogP contribution is -2.14. The molecule has 0 radical (unpaired) electrons. The molecule has 76 valence electrons. The Morgan fingerprint density at radius 3 is 2.86 bits per heavy atom. The quantitative estimate of drug-likeness (QED) is 0.840. The lowest BCUT2D eigenvalue weighted by atomic mass is 10.0. The molecule has 5 heteroatoms. The topological polar surface area (TPSA) is 60.2 Å². The zero-order valence-corrected chi connectivity index (χ0v) is 9.81. The van der Waals surface area contributed by atoms with Gasteiger partial charge in [0.25, 0.3) is 0 Å². The molecule has 1 aromatic rings. The van der Waals surface area contributed by atoms with Crippen LogP contribution in [0, 0.1) is 0 Å². The average Bonchev–Trinajstić information content (AvgIpc) is 2.40.